The van der Waals surface area contributed by atoms with Gasteiger partial charge in [0.2, 0.25) is 10.0 Å². The first-order valence-corrected chi connectivity index (χ1v) is 13.6. The molecule has 3 rings (SSSR count). The van der Waals surface area contributed by atoms with Crippen LogP contribution in [0.2, 0.25) is 0 Å². The molecule has 1 aliphatic rings. The first-order valence-electron chi connectivity index (χ1n) is 11.0. The van der Waals surface area contributed by atoms with Crippen molar-refractivity contribution >= 4 is 33.4 Å². The van der Waals surface area contributed by atoms with Gasteiger partial charge >= 0.3 is 5.97 Å². The zero-order valence-corrected chi connectivity index (χ0v) is 20.1. The van der Waals surface area contributed by atoms with Crippen LogP contribution in [0.3, 0.4) is 0 Å². The average molecular weight is 517 g/mol. The highest BCUT2D eigenvalue weighted by molar-refractivity contribution is 7.99. The van der Waals surface area contributed by atoms with E-state index < -0.39 is 48.9 Å². The topological polar surface area (TPSA) is 109 Å². The normalized spacial score (nSPS) is 15.5. The maximum absolute atomic E-state index is 15.4. The molecular formula is C23H27F3N2O4S2. The van der Waals surface area contributed by atoms with Crippen LogP contribution in [0.5, 0.6) is 0 Å². The number of hydrogen-bond donors (Lipinski definition) is 3. The third kappa shape index (κ3) is 6.45. The lowest BCUT2D eigenvalue weighted by atomic mass is 9.96. The van der Waals surface area contributed by atoms with E-state index in [1.807, 2.05) is 0 Å². The molecule has 11 heteroatoms. The number of nitrogens with one attached hydrogen (secondary N) is 1. The fourth-order valence-electron chi connectivity index (χ4n) is 4.03. The van der Waals surface area contributed by atoms with Gasteiger partial charge in [-0.3, -0.25) is 0 Å². The first-order chi connectivity index (χ1) is 16.1. The lowest BCUT2D eigenvalue weighted by Crippen LogP contribution is -2.26. The summed E-state index contributed by atoms with van der Waals surface area (Å²) in [6, 6.07) is 5.72. The quantitative estimate of drug-likeness (QED) is 0.324. The van der Waals surface area contributed by atoms with E-state index in [1.54, 1.807) is 12.1 Å². The number of hydrogen-bond acceptors (Lipinski definition) is 5. The smallest absolute Gasteiger partial charge is 0.335 e. The highest BCUT2D eigenvalue weighted by atomic mass is 32.2. The molecule has 1 saturated carbocycles. The van der Waals surface area contributed by atoms with E-state index in [4.69, 9.17) is 10.2 Å². The minimum Gasteiger partial charge on any atom is -0.478 e. The van der Waals surface area contributed by atoms with E-state index in [0.717, 1.165) is 37.7 Å². The summed E-state index contributed by atoms with van der Waals surface area (Å²) in [5, 5.41) is 16.9. The lowest BCUT2D eigenvalue weighted by molar-refractivity contribution is 0.0697. The average Bonchev–Trinajstić information content (AvgIpc) is 2.75. The third-order valence-electron chi connectivity index (χ3n) is 5.81. The van der Waals surface area contributed by atoms with Crippen molar-refractivity contribution in [1.29, 1.82) is 0 Å². The number of carboxylic acids is 1. The first kappa shape index (κ1) is 26.4. The number of anilines is 1. The Morgan fingerprint density at radius 3 is 2.15 bits per heavy atom. The highest BCUT2D eigenvalue weighted by Gasteiger charge is 2.32. The standard InChI is InChI=1S/C23H27F3N2O4S2/c24-17-18(25)22(34(27,31)32)20(28-16-6-4-2-1-3-5-7-16)19(26)21(17)33-13-12-14-8-10-15(11-9-14)23(29)30/h8-11,16,28H,1-7,12-13H2,(H,29,30)(H2,27,31,32). The van der Waals surface area contributed by atoms with Crippen molar-refractivity contribution in [2.45, 2.75) is 67.2 Å². The molecule has 186 valence electrons. The minimum absolute atomic E-state index is 0.110. The lowest BCUT2D eigenvalue weighted by Gasteiger charge is -2.24. The van der Waals surface area contributed by atoms with Crippen LogP contribution in [0.25, 0.3) is 0 Å². The number of primary sulfonamides is 1. The Morgan fingerprint density at radius 1 is 1.00 bits per heavy atom. The van der Waals surface area contributed by atoms with Crippen LogP contribution in [0.1, 0.15) is 60.9 Å². The summed E-state index contributed by atoms with van der Waals surface area (Å²) >= 11 is 0.714. The van der Waals surface area contributed by atoms with Crippen LogP contribution in [0.15, 0.2) is 34.1 Å². The summed E-state index contributed by atoms with van der Waals surface area (Å²) in [7, 11) is -4.74. The fourth-order valence-corrected chi connectivity index (χ4v) is 5.79. The number of aromatic carboxylic acids is 1. The van der Waals surface area contributed by atoms with Crippen LogP contribution >= 0.6 is 11.8 Å². The largest absolute Gasteiger partial charge is 0.478 e. The molecule has 6 nitrogen and oxygen atoms in total. The monoisotopic (exact) mass is 516 g/mol. The van der Waals surface area contributed by atoms with Gasteiger partial charge in [-0.25, -0.2) is 31.5 Å². The van der Waals surface area contributed by atoms with Crippen LogP contribution in [0, 0.1) is 17.5 Å². The van der Waals surface area contributed by atoms with Crippen molar-refractivity contribution in [2.75, 3.05) is 11.1 Å². The van der Waals surface area contributed by atoms with Gasteiger partial charge in [0.15, 0.2) is 17.5 Å². The van der Waals surface area contributed by atoms with Gasteiger partial charge in [-0.05, 0) is 37.0 Å². The number of carboxylic acid groups (broad SMARTS) is 1. The molecule has 1 fully saturated rings. The van der Waals surface area contributed by atoms with Gasteiger partial charge < -0.3 is 10.4 Å². The van der Waals surface area contributed by atoms with Gasteiger partial charge in [-0.1, -0.05) is 44.2 Å². The Hall–Kier alpha value is -2.24. The summed E-state index contributed by atoms with van der Waals surface area (Å²) < 4.78 is 69.1. The van der Waals surface area contributed by atoms with Gasteiger partial charge in [0, 0.05) is 11.8 Å². The maximum Gasteiger partial charge on any atom is 0.335 e. The molecule has 4 N–H and O–H groups in total. The van der Waals surface area contributed by atoms with E-state index in [1.165, 1.54) is 12.1 Å². The molecule has 0 spiro atoms. The summed E-state index contributed by atoms with van der Waals surface area (Å²) in [5.41, 5.74) is 0.215. The van der Waals surface area contributed by atoms with Crippen molar-refractivity contribution in [3.05, 3.63) is 52.8 Å². The number of nitrogens with two attached hydrogens (primary N) is 1. The van der Waals surface area contributed by atoms with Gasteiger partial charge in [-0.2, -0.15) is 0 Å². The maximum atomic E-state index is 15.4. The second-order valence-electron chi connectivity index (χ2n) is 8.31. The summed E-state index contributed by atoms with van der Waals surface area (Å²) in [5.74, 6) is -5.41. The predicted molar refractivity (Wildman–Crippen MR) is 125 cm³/mol. The van der Waals surface area contributed by atoms with Crippen molar-refractivity contribution in [3.63, 3.8) is 0 Å². The van der Waals surface area contributed by atoms with Crippen molar-refractivity contribution in [2.24, 2.45) is 5.14 Å². The summed E-state index contributed by atoms with van der Waals surface area (Å²) in [6.45, 7) is 0. The molecule has 0 aliphatic heterocycles. The van der Waals surface area contributed by atoms with Gasteiger partial charge in [-0.15, -0.1) is 11.8 Å². The van der Waals surface area contributed by atoms with Crippen LogP contribution in [0.4, 0.5) is 18.9 Å². The van der Waals surface area contributed by atoms with Crippen LogP contribution < -0.4 is 10.5 Å². The molecule has 2 aromatic carbocycles. The Kier molecular flexibility index (Phi) is 8.89. The van der Waals surface area contributed by atoms with Crippen molar-refractivity contribution in [3.8, 4) is 0 Å². The van der Waals surface area contributed by atoms with E-state index in [2.05, 4.69) is 5.32 Å². The zero-order chi connectivity index (χ0) is 24.9. The number of sulfonamides is 1. The number of carbonyl (C=O) groups is 1. The molecule has 0 radical (unpaired) electrons. The third-order valence-corrected chi connectivity index (χ3v) is 7.82. The number of benzene rings is 2. The van der Waals surface area contributed by atoms with Crippen molar-refractivity contribution in [1.82, 2.24) is 0 Å². The summed E-state index contributed by atoms with van der Waals surface area (Å²) in [4.78, 5) is 9.13. The molecule has 0 heterocycles. The number of halogens is 3. The Labute approximate surface area is 201 Å². The van der Waals surface area contributed by atoms with Crippen LogP contribution in [-0.4, -0.2) is 31.3 Å². The number of rotatable bonds is 8. The molecule has 0 bridgehead atoms. The Bertz CT molecular complexity index is 1130. The zero-order valence-electron chi connectivity index (χ0n) is 18.5. The molecule has 34 heavy (non-hydrogen) atoms. The van der Waals surface area contributed by atoms with Gasteiger partial charge in [0.25, 0.3) is 0 Å². The number of thioether (sulfide) groups is 1. The van der Waals surface area contributed by atoms with E-state index in [9.17, 15) is 22.0 Å². The van der Waals surface area contributed by atoms with Gasteiger partial charge in [0.05, 0.1) is 16.1 Å². The molecule has 1 aliphatic carbocycles. The number of aryl methyl sites for hydroxylation is 1. The Morgan fingerprint density at radius 2 is 1.59 bits per heavy atom. The van der Waals surface area contributed by atoms with Crippen molar-refractivity contribution < 1.29 is 31.5 Å². The molecule has 0 saturated heterocycles. The van der Waals surface area contributed by atoms with E-state index >= 15 is 4.39 Å². The second-order valence-corrected chi connectivity index (χ2v) is 10.9. The van der Waals surface area contributed by atoms with Crippen LogP contribution in [-0.2, 0) is 16.4 Å². The summed E-state index contributed by atoms with van der Waals surface area (Å²) in [6.07, 6.45) is 6.42. The molecule has 0 unspecified atom stereocenters. The fraction of sp³-hybridized carbons (Fsp3) is 0.435. The predicted octanol–water partition coefficient (Wildman–Crippen LogP) is 5.31. The molecule has 2 aromatic rings. The Balaban J connectivity index is 1.87. The minimum atomic E-state index is -4.74. The van der Waals surface area contributed by atoms with Gasteiger partial charge in [0.1, 0.15) is 4.90 Å². The SMILES string of the molecule is NS(=O)(=O)c1c(F)c(F)c(SCCc2ccc(C(=O)O)cc2)c(F)c1NC1CCCCCCC1. The molecule has 0 atom stereocenters. The van der Waals surface area contributed by atoms with E-state index in [-0.39, 0.29) is 17.4 Å². The molecule has 0 aromatic heterocycles. The van der Waals surface area contributed by atoms with E-state index in [0.29, 0.717) is 31.0 Å². The molecular weight excluding hydrogens is 489 g/mol. The second kappa shape index (κ2) is 11.5. The highest BCUT2D eigenvalue weighted by Crippen LogP contribution is 2.38. The molecule has 0 amide bonds.